The molecule has 0 aliphatic heterocycles. The van der Waals surface area contributed by atoms with Crippen molar-refractivity contribution in [3.05, 3.63) is 56.6 Å². The lowest BCUT2D eigenvalue weighted by Crippen LogP contribution is -2.31. The fourth-order valence-corrected chi connectivity index (χ4v) is 1.71. The third-order valence-electron chi connectivity index (χ3n) is 2.61. The lowest BCUT2D eigenvalue weighted by atomic mass is 10.1. The second-order valence-electron chi connectivity index (χ2n) is 3.94. The summed E-state index contributed by atoms with van der Waals surface area (Å²) in [5, 5.41) is 0. The first-order valence-electron chi connectivity index (χ1n) is 5.43. The van der Waals surface area contributed by atoms with E-state index in [0.29, 0.717) is 17.0 Å². The Balaban J connectivity index is 2.47. The summed E-state index contributed by atoms with van der Waals surface area (Å²) in [5.74, 6) is -0.504. The second-order valence-corrected chi connectivity index (χ2v) is 3.94. The van der Waals surface area contributed by atoms with Crippen LogP contribution in [0.25, 0.3) is 0 Å². The van der Waals surface area contributed by atoms with Gasteiger partial charge < -0.3 is 10.5 Å². The van der Waals surface area contributed by atoms with Gasteiger partial charge in [-0.3, -0.25) is 14.3 Å². The molecule has 0 amide bonds. The molecule has 2 aromatic rings. The summed E-state index contributed by atoms with van der Waals surface area (Å²) in [7, 11) is 1.48. The average Bonchev–Trinajstić information content (AvgIpc) is 2.36. The summed E-state index contributed by atoms with van der Waals surface area (Å²) in [6.45, 7) is 0.0424. The number of nitrogens with two attached hydrogens (primary N) is 1. The molecule has 0 saturated heterocycles. The van der Waals surface area contributed by atoms with Crippen LogP contribution in [0.1, 0.15) is 5.56 Å². The molecule has 6 nitrogen and oxygen atoms in total. The van der Waals surface area contributed by atoms with Crippen molar-refractivity contribution in [2.24, 2.45) is 0 Å². The lowest BCUT2D eigenvalue weighted by molar-refractivity contribution is 0.407. The molecule has 1 heterocycles. The van der Waals surface area contributed by atoms with Crippen molar-refractivity contribution in [3.63, 3.8) is 0 Å². The average molecular weight is 265 g/mol. The Morgan fingerprint density at radius 2 is 2.16 bits per heavy atom. The molecular weight excluding hydrogens is 253 g/mol. The topological polar surface area (TPSA) is 90.1 Å². The summed E-state index contributed by atoms with van der Waals surface area (Å²) < 4.78 is 19.3. The normalized spacial score (nSPS) is 10.4. The molecule has 3 N–H and O–H groups in total. The van der Waals surface area contributed by atoms with E-state index < -0.39 is 17.1 Å². The number of nitrogens with one attached hydrogen (secondary N) is 1. The van der Waals surface area contributed by atoms with E-state index >= 15 is 0 Å². The molecule has 0 atom stereocenters. The zero-order chi connectivity index (χ0) is 14.0. The Labute approximate surface area is 107 Å². The van der Waals surface area contributed by atoms with Crippen LogP contribution in [-0.2, 0) is 6.54 Å². The number of nitrogen functional groups attached to an aromatic ring is 1. The number of hydrogen-bond acceptors (Lipinski definition) is 4. The van der Waals surface area contributed by atoms with Crippen molar-refractivity contribution in [2.75, 3.05) is 12.8 Å². The van der Waals surface area contributed by atoms with Gasteiger partial charge in [0, 0.05) is 11.3 Å². The van der Waals surface area contributed by atoms with Crippen LogP contribution in [0, 0.1) is 5.82 Å². The molecule has 2 rings (SSSR count). The zero-order valence-corrected chi connectivity index (χ0v) is 10.1. The second kappa shape index (κ2) is 4.97. The van der Waals surface area contributed by atoms with Crippen molar-refractivity contribution in [1.82, 2.24) is 9.55 Å². The number of rotatable bonds is 3. The van der Waals surface area contributed by atoms with Crippen LogP contribution < -0.4 is 21.7 Å². The van der Waals surface area contributed by atoms with E-state index in [0.717, 1.165) is 10.8 Å². The van der Waals surface area contributed by atoms with Crippen molar-refractivity contribution in [3.8, 4) is 5.75 Å². The number of aromatic amines is 1. The molecule has 0 aliphatic carbocycles. The molecular formula is C12H12FN3O3. The van der Waals surface area contributed by atoms with Crippen LogP contribution in [0.2, 0.25) is 0 Å². The SMILES string of the molecule is COc1ccc(N)cc1Cn1cc(F)c(=O)[nH]c1=O. The van der Waals surface area contributed by atoms with Gasteiger partial charge in [0.15, 0.2) is 0 Å². The quantitative estimate of drug-likeness (QED) is 0.782. The van der Waals surface area contributed by atoms with Gasteiger partial charge in [0.2, 0.25) is 5.82 Å². The van der Waals surface area contributed by atoms with E-state index in [4.69, 9.17) is 10.5 Å². The molecule has 0 aliphatic rings. The summed E-state index contributed by atoms with van der Waals surface area (Å²) in [6, 6.07) is 4.92. The first-order valence-corrected chi connectivity index (χ1v) is 5.43. The molecule has 19 heavy (non-hydrogen) atoms. The van der Waals surface area contributed by atoms with Gasteiger partial charge in [-0.15, -0.1) is 0 Å². The van der Waals surface area contributed by atoms with Crippen LogP contribution in [0.5, 0.6) is 5.75 Å². The first-order chi connectivity index (χ1) is 9.01. The Morgan fingerprint density at radius 3 is 2.84 bits per heavy atom. The van der Waals surface area contributed by atoms with Crippen LogP contribution >= 0.6 is 0 Å². The third-order valence-corrected chi connectivity index (χ3v) is 2.61. The molecule has 0 radical (unpaired) electrons. The Bertz CT molecular complexity index is 721. The zero-order valence-electron chi connectivity index (χ0n) is 10.1. The Morgan fingerprint density at radius 1 is 1.42 bits per heavy atom. The number of halogens is 1. The van der Waals surface area contributed by atoms with Crippen LogP contribution in [0.4, 0.5) is 10.1 Å². The number of H-pyrrole nitrogens is 1. The predicted octanol–water partition coefficient (Wildman–Crippen LogP) is 0.315. The highest BCUT2D eigenvalue weighted by Gasteiger charge is 2.08. The highest BCUT2D eigenvalue weighted by molar-refractivity contribution is 5.47. The standard InChI is InChI=1S/C12H12FN3O3/c1-19-10-3-2-8(14)4-7(10)5-16-6-9(13)11(17)15-12(16)18/h2-4,6H,5,14H2,1H3,(H,15,17,18). The van der Waals surface area contributed by atoms with Gasteiger partial charge in [0.25, 0.3) is 5.56 Å². The molecule has 0 bridgehead atoms. The minimum absolute atomic E-state index is 0.0424. The maximum absolute atomic E-state index is 13.2. The fourth-order valence-electron chi connectivity index (χ4n) is 1.71. The number of nitrogens with zero attached hydrogens (tertiary/aromatic N) is 1. The van der Waals surface area contributed by atoms with E-state index in [1.807, 2.05) is 4.98 Å². The fraction of sp³-hybridized carbons (Fsp3) is 0.167. The van der Waals surface area contributed by atoms with Crippen LogP contribution in [0.3, 0.4) is 0 Å². The third kappa shape index (κ3) is 2.65. The van der Waals surface area contributed by atoms with Crippen LogP contribution in [0.15, 0.2) is 34.0 Å². The molecule has 0 saturated carbocycles. The number of hydrogen-bond donors (Lipinski definition) is 2. The van der Waals surface area contributed by atoms with Gasteiger partial charge in [-0.2, -0.15) is 4.39 Å². The van der Waals surface area contributed by atoms with Gasteiger partial charge in [-0.25, -0.2) is 4.79 Å². The monoisotopic (exact) mass is 265 g/mol. The molecule has 0 spiro atoms. The van der Waals surface area contributed by atoms with Crippen LogP contribution in [-0.4, -0.2) is 16.7 Å². The lowest BCUT2D eigenvalue weighted by Gasteiger charge is -2.10. The summed E-state index contributed by atoms with van der Waals surface area (Å²) in [4.78, 5) is 24.4. The van der Waals surface area contributed by atoms with Gasteiger partial charge >= 0.3 is 5.69 Å². The number of anilines is 1. The molecule has 0 fully saturated rings. The van der Waals surface area contributed by atoms with E-state index in [2.05, 4.69) is 0 Å². The molecule has 0 unspecified atom stereocenters. The van der Waals surface area contributed by atoms with Gasteiger partial charge in [0.05, 0.1) is 19.9 Å². The molecule has 1 aromatic carbocycles. The Hall–Kier alpha value is -2.57. The number of ether oxygens (including phenoxy) is 1. The summed E-state index contributed by atoms with van der Waals surface area (Å²) >= 11 is 0. The van der Waals surface area contributed by atoms with Crippen molar-refractivity contribution < 1.29 is 9.13 Å². The molecule has 1 aromatic heterocycles. The highest BCUT2D eigenvalue weighted by Crippen LogP contribution is 2.21. The van der Waals surface area contributed by atoms with Crippen molar-refractivity contribution in [2.45, 2.75) is 6.54 Å². The molecule has 7 heteroatoms. The van der Waals surface area contributed by atoms with E-state index in [1.165, 1.54) is 7.11 Å². The van der Waals surface area contributed by atoms with E-state index in [-0.39, 0.29) is 6.54 Å². The van der Waals surface area contributed by atoms with Gasteiger partial charge in [-0.05, 0) is 18.2 Å². The highest BCUT2D eigenvalue weighted by atomic mass is 19.1. The minimum atomic E-state index is -1.04. The molecule has 100 valence electrons. The van der Waals surface area contributed by atoms with Crippen molar-refractivity contribution >= 4 is 5.69 Å². The largest absolute Gasteiger partial charge is 0.496 e. The Kier molecular flexibility index (Phi) is 3.37. The van der Waals surface area contributed by atoms with E-state index in [9.17, 15) is 14.0 Å². The van der Waals surface area contributed by atoms with Gasteiger partial charge in [0.1, 0.15) is 5.75 Å². The minimum Gasteiger partial charge on any atom is -0.496 e. The van der Waals surface area contributed by atoms with E-state index in [1.54, 1.807) is 18.2 Å². The smallest absolute Gasteiger partial charge is 0.328 e. The number of methoxy groups -OCH3 is 1. The number of aromatic nitrogens is 2. The maximum atomic E-state index is 13.2. The predicted molar refractivity (Wildman–Crippen MR) is 67.8 cm³/mol. The maximum Gasteiger partial charge on any atom is 0.328 e. The van der Waals surface area contributed by atoms with Gasteiger partial charge in [-0.1, -0.05) is 0 Å². The summed E-state index contributed by atoms with van der Waals surface area (Å²) in [5.41, 5.74) is 5.02. The number of benzene rings is 1. The van der Waals surface area contributed by atoms with Crippen molar-refractivity contribution in [1.29, 1.82) is 0 Å². The summed E-state index contributed by atoms with van der Waals surface area (Å²) in [6.07, 6.45) is 0.851. The first kappa shape index (κ1) is 12.9.